The van der Waals surface area contributed by atoms with E-state index in [1.165, 1.54) is 6.08 Å². The van der Waals surface area contributed by atoms with Gasteiger partial charge in [0.15, 0.2) is 11.5 Å². The third-order valence-electron chi connectivity index (χ3n) is 4.85. The van der Waals surface area contributed by atoms with Gasteiger partial charge >= 0.3 is 5.97 Å². The van der Waals surface area contributed by atoms with E-state index in [4.69, 9.17) is 10.5 Å². The largest absolute Gasteiger partial charge is 0.489 e. The predicted octanol–water partition coefficient (Wildman–Crippen LogP) is 0.214. The molecule has 0 aliphatic carbocycles. The number of β-lactam (4-membered cyclic amide) rings is 1. The first-order valence-corrected chi connectivity index (χ1v) is 8.25. The number of nitrogens with zero attached hydrogens (tertiary/aromatic N) is 2. The number of hydrogen-bond acceptors (Lipinski definition) is 5. The molecule has 3 N–H and O–H groups in total. The number of nitrogens with two attached hydrogens (primary N) is 1. The van der Waals surface area contributed by atoms with Crippen molar-refractivity contribution in [3.05, 3.63) is 53.4 Å². The Morgan fingerprint density at radius 2 is 2.00 bits per heavy atom. The molecular weight excluding hydrogens is 338 g/mol. The smallest absolute Gasteiger partial charge is 0.356 e. The summed E-state index contributed by atoms with van der Waals surface area (Å²) in [6, 6.07) is 8.01. The molecule has 2 amide bonds. The number of carboxylic acids is 1. The fourth-order valence-electron chi connectivity index (χ4n) is 3.46. The maximum absolute atomic E-state index is 12.7. The van der Waals surface area contributed by atoms with Gasteiger partial charge in [0.25, 0.3) is 5.91 Å². The van der Waals surface area contributed by atoms with E-state index in [-0.39, 0.29) is 24.0 Å². The fraction of sp³-hybridized carbons (Fsp3) is 0.278. The van der Waals surface area contributed by atoms with Crippen LogP contribution in [0.3, 0.4) is 0 Å². The van der Waals surface area contributed by atoms with Gasteiger partial charge in [-0.2, -0.15) is 0 Å². The molecule has 0 spiro atoms. The second kappa shape index (κ2) is 5.99. The summed E-state index contributed by atoms with van der Waals surface area (Å²) in [5.41, 5.74) is 6.65. The van der Waals surface area contributed by atoms with Crippen LogP contribution in [0.25, 0.3) is 0 Å². The van der Waals surface area contributed by atoms with Crippen molar-refractivity contribution in [2.75, 3.05) is 18.1 Å². The minimum atomic E-state index is -1.29. The topological polar surface area (TPSA) is 113 Å². The fourth-order valence-corrected chi connectivity index (χ4v) is 3.46. The van der Waals surface area contributed by atoms with E-state index in [1.807, 2.05) is 30.3 Å². The van der Waals surface area contributed by atoms with Crippen LogP contribution in [0.4, 0.5) is 5.69 Å². The summed E-state index contributed by atoms with van der Waals surface area (Å²) in [7, 11) is 0. The predicted molar refractivity (Wildman–Crippen MR) is 90.7 cm³/mol. The monoisotopic (exact) mass is 355 g/mol. The van der Waals surface area contributed by atoms with E-state index in [1.54, 1.807) is 4.90 Å². The number of benzene rings is 1. The van der Waals surface area contributed by atoms with Crippen molar-refractivity contribution in [1.29, 1.82) is 0 Å². The summed E-state index contributed by atoms with van der Waals surface area (Å²) in [6.07, 6.45) is 1.90. The lowest BCUT2D eigenvalue weighted by Gasteiger charge is -2.47. The zero-order chi connectivity index (χ0) is 18.4. The number of carbonyl (C=O) groups is 3. The van der Waals surface area contributed by atoms with Crippen molar-refractivity contribution in [2.45, 2.75) is 18.5 Å². The Kier molecular flexibility index (Phi) is 3.77. The molecule has 134 valence electrons. The lowest BCUT2D eigenvalue weighted by molar-refractivity contribution is -0.156. The van der Waals surface area contributed by atoms with E-state index >= 15 is 0 Å². The number of rotatable bonds is 3. The maximum atomic E-state index is 12.7. The third-order valence-corrected chi connectivity index (χ3v) is 4.85. The number of carboxylic acid groups (broad SMARTS) is 1. The molecule has 0 saturated carbocycles. The number of fused-ring (bicyclic) bond motifs is 1. The van der Waals surface area contributed by atoms with Crippen molar-refractivity contribution in [3.8, 4) is 0 Å². The summed E-state index contributed by atoms with van der Waals surface area (Å²) >= 11 is 0. The molecule has 4 rings (SSSR count). The van der Waals surface area contributed by atoms with Crippen molar-refractivity contribution < 1.29 is 24.2 Å². The first kappa shape index (κ1) is 16.3. The Morgan fingerprint density at radius 3 is 2.69 bits per heavy atom. The zero-order valence-corrected chi connectivity index (χ0v) is 13.8. The van der Waals surface area contributed by atoms with Crippen LogP contribution in [0.5, 0.6) is 0 Å². The number of carbonyl (C=O) groups excluding carboxylic acids is 2. The van der Waals surface area contributed by atoms with Gasteiger partial charge in [0.05, 0.1) is 6.04 Å². The number of para-hydroxylation sites is 1. The van der Waals surface area contributed by atoms with E-state index in [2.05, 4.69) is 0 Å². The quantitative estimate of drug-likeness (QED) is 0.592. The first-order chi connectivity index (χ1) is 12.5. The Morgan fingerprint density at radius 1 is 1.27 bits per heavy atom. The average Bonchev–Trinajstić information content (AvgIpc) is 3.01. The van der Waals surface area contributed by atoms with E-state index in [9.17, 15) is 19.5 Å². The molecule has 3 aliphatic rings. The standard InChI is InChI=1S/C18H17N3O5/c19-14-12-9-26-13(15(18(24)25)21(12)17(14)23)8-10-6-7-20(16(10)22)11-4-2-1-3-5-11/h1-5,8,12,14H,6-7,9,19H2,(H,24,25)/t12-,14+/m1/s1. The number of anilines is 1. The number of hydrogen-bond donors (Lipinski definition) is 2. The summed E-state index contributed by atoms with van der Waals surface area (Å²) in [5, 5.41) is 9.51. The molecule has 0 aromatic heterocycles. The van der Waals surface area contributed by atoms with Crippen LogP contribution in [-0.4, -0.2) is 53.0 Å². The second-order valence-corrected chi connectivity index (χ2v) is 6.34. The summed E-state index contributed by atoms with van der Waals surface area (Å²) in [4.78, 5) is 39.0. The van der Waals surface area contributed by atoms with Gasteiger partial charge in [-0.3, -0.25) is 14.5 Å². The molecule has 0 radical (unpaired) electrons. The van der Waals surface area contributed by atoms with Gasteiger partial charge in [-0.05, 0) is 24.6 Å². The van der Waals surface area contributed by atoms with E-state index < -0.39 is 24.0 Å². The highest BCUT2D eigenvalue weighted by Gasteiger charge is 2.52. The number of amides is 2. The summed E-state index contributed by atoms with van der Waals surface area (Å²) in [5.74, 6) is -1.92. The molecule has 2 saturated heterocycles. The second-order valence-electron chi connectivity index (χ2n) is 6.34. The number of aliphatic carboxylic acids is 1. The third kappa shape index (κ3) is 2.38. The maximum Gasteiger partial charge on any atom is 0.356 e. The van der Waals surface area contributed by atoms with Gasteiger partial charge in [-0.25, -0.2) is 4.79 Å². The molecule has 2 fully saturated rings. The van der Waals surface area contributed by atoms with Crippen LogP contribution in [0.2, 0.25) is 0 Å². The minimum Gasteiger partial charge on any atom is -0.489 e. The van der Waals surface area contributed by atoms with Crippen molar-refractivity contribution in [2.24, 2.45) is 5.73 Å². The summed E-state index contributed by atoms with van der Waals surface area (Å²) < 4.78 is 5.53. The summed E-state index contributed by atoms with van der Waals surface area (Å²) in [6.45, 7) is 0.611. The zero-order valence-electron chi connectivity index (χ0n) is 13.8. The van der Waals surface area contributed by atoms with Crippen LogP contribution >= 0.6 is 0 Å². The van der Waals surface area contributed by atoms with Crippen LogP contribution in [0, 0.1) is 0 Å². The van der Waals surface area contributed by atoms with E-state index in [0.717, 1.165) is 10.6 Å². The SMILES string of the molecule is N[C@@H]1C(=O)N2C(C(=O)O)=C(C=C3CCN(c4ccccc4)C3=O)OC[C@H]12. The Bertz CT molecular complexity index is 861. The van der Waals surface area contributed by atoms with Crippen LogP contribution in [0.1, 0.15) is 6.42 Å². The van der Waals surface area contributed by atoms with E-state index in [0.29, 0.717) is 18.5 Å². The molecular formula is C18H17N3O5. The highest BCUT2D eigenvalue weighted by atomic mass is 16.5. The molecule has 26 heavy (non-hydrogen) atoms. The highest BCUT2D eigenvalue weighted by molar-refractivity contribution is 6.08. The lowest BCUT2D eigenvalue weighted by Crippen LogP contribution is -2.71. The molecule has 8 heteroatoms. The lowest BCUT2D eigenvalue weighted by atomic mass is 9.93. The van der Waals surface area contributed by atoms with Crippen molar-refractivity contribution >= 4 is 23.5 Å². The molecule has 1 aromatic rings. The van der Waals surface area contributed by atoms with Gasteiger partial charge in [0.1, 0.15) is 12.6 Å². The van der Waals surface area contributed by atoms with Crippen molar-refractivity contribution in [3.63, 3.8) is 0 Å². The van der Waals surface area contributed by atoms with Gasteiger partial charge in [-0.15, -0.1) is 0 Å². The number of ether oxygens (including phenoxy) is 1. The molecule has 8 nitrogen and oxygen atoms in total. The Labute approximate surface area is 149 Å². The van der Waals surface area contributed by atoms with Gasteiger partial charge in [0, 0.05) is 17.8 Å². The van der Waals surface area contributed by atoms with Gasteiger partial charge in [0.2, 0.25) is 5.91 Å². The normalized spacial score (nSPS) is 26.7. The molecule has 2 atom stereocenters. The van der Waals surface area contributed by atoms with Gasteiger partial charge in [-0.1, -0.05) is 18.2 Å². The van der Waals surface area contributed by atoms with Gasteiger partial charge < -0.3 is 20.5 Å². The van der Waals surface area contributed by atoms with Crippen LogP contribution in [-0.2, 0) is 19.1 Å². The molecule has 0 bridgehead atoms. The Hall–Kier alpha value is -3.13. The minimum absolute atomic E-state index is 0.0206. The average molecular weight is 355 g/mol. The number of allylic oxidation sites excluding steroid dienone is 1. The molecule has 3 aliphatic heterocycles. The van der Waals surface area contributed by atoms with Crippen molar-refractivity contribution in [1.82, 2.24) is 4.90 Å². The first-order valence-electron chi connectivity index (χ1n) is 8.25. The highest BCUT2D eigenvalue weighted by Crippen LogP contribution is 2.33. The molecule has 0 unspecified atom stereocenters. The molecule has 3 heterocycles. The Balaban J connectivity index is 1.66. The molecule has 1 aromatic carbocycles. The van der Waals surface area contributed by atoms with Crippen LogP contribution in [0.15, 0.2) is 53.4 Å². The van der Waals surface area contributed by atoms with Crippen LogP contribution < -0.4 is 10.6 Å².